The minimum Gasteiger partial charge on any atom is -0.497 e. The number of amides is 1. The number of benzene rings is 2. The van der Waals surface area contributed by atoms with E-state index in [2.05, 4.69) is 27.2 Å². The van der Waals surface area contributed by atoms with Crippen LogP contribution in [0.1, 0.15) is 5.56 Å². The second-order valence-corrected chi connectivity index (χ2v) is 7.69. The molecule has 1 amide bonds. The number of methoxy groups -OCH3 is 1. The van der Waals surface area contributed by atoms with E-state index in [4.69, 9.17) is 9.47 Å². The van der Waals surface area contributed by atoms with E-state index in [0.29, 0.717) is 19.0 Å². The lowest BCUT2D eigenvalue weighted by Crippen LogP contribution is -2.47. The van der Waals surface area contributed by atoms with Gasteiger partial charge in [-0.05, 0) is 42.4 Å². The van der Waals surface area contributed by atoms with Gasteiger partial charge in [0.15, 0.2) is 0 Å². The average Bonchev–Trinajstić information content (AvgIpc) is 2.84. The van der Waals surface area contributed by atoms with Crippen LogP contribution in [0.15, 0.2) is 60.9 Å². The fourth-order valence-electron chi connectivity index (χ4n) is 3.42. The number of anilines is 2. The van der Waals surface area contributed by atoms with Crippen molar-refractivity contribution in [3.63, 3.8) is 0 Å². The highest BCUT2D eigenvalue weighted by atomic mass is 16.6. The molecule has 0 unspecified atom stereocenters. The molecule has 2 heterocycles. The van der Waals surface area contributed by atoms with Crippen molar-refractivity contribution >= 4 is 17.7 Å². The molecule has 1 fully saturated rings. The van der Waals surface area contributed by atoms with Crippen molar-refractivity contribution in [1.82, 2.24) is 19.8 Å². The second kappa shape index (κ2) is 10.1. The Labute approximate surface area is 187 Å². The molecule has 0 aliphatic carbocycles. The quantitative estimate of drug-likeness (QED) is 0.634. The van der Waals surface area contributed by atoms with Crippen LogP contribution in [-0.2, 0) is 11.3 Å². The maximum Gasteiger partial charge on any atom is 0.410 e. The Morgan fingerprint density at radius 1 is 1.00 bits per heavy atom. The summed E-state index contributed by atoms with van der Waals surface area (Å²) in [6.07, 6.45) is 3.28. The molecule has 8 nitrogen and oxygen atoms in total. The van der Waals surface area contributed by atoms with Crippen LogP contribution in [-0.4, -0.2) is 66.2 Å². The van der Waals surface area contributed by atoms with Gasteiger partial charge in [0, 0.05) is 49.8 Å². The van der Waals surface area contributed by atoms with Crippen LogP contribution in [0.4, 0.5) is 16.4 Å². The third-order valence-electron chi connectivity index (χ3n) is 5.38. The van der Waals surface area contributed by atoms with E-state index in [1.165, 1.54) is 0 Å². The van der Waals surface area contributed by atoms with Gasteiger partial charge >= 0.3 is 6.09 Å². The van der Waals surface area contributed by atoms with Crippen LogP contribution >= 0.6 is 0 Å². The minimum atomic E-state index is -0.270. The topological polar surface area (TPSA) is 79.8 Å². The zero-order valence-corrected chi connectivity index (χ0v) is 18.3. The molecule has 3 aromatic rings. The third kappa shape index (κ3) is 5.53. The van der Waals surface area contributed by atoms with E-state index < -0.39 is 0 Å². The Bertz CT molecular complexity index is 1030. The molecular weight excluding hydrogens is 406 g/mol. The summed E-state index contributed by atoms with van der Waals surface area (Å²) < 4.78 is 10.7. The van der Waals surface area contributed by atoms with E-state index in [1.807, 2.05) is 48.5 Å². The Balaban J connectivity index is 1.33. The van der Waals surface area contributed by atoms with Crippen LogP contribution in [0.25, 0.3) is 11.1 Å². The Kier molecular flexibility index (Phi) is 6.81. The first-order valence-electron chi connectivity index (χ1n) is 10.5. The van der Waals surface area contributed by atoms with Crippen molar-refractivity contribution in [3.8, 4) is 16.9 Å². The summed E-state index contributed by atoms with van der Waals surface area (Å²) in [7, 11) is 3.70. The normalized spacial score (nSPS) is 14.1. The zero-order chi connectivity index (χ0) is 22.3. The Hall–Kier alpha value is -3.65. The smallest absolute Gasteiger partial charge is 0.410 e. The first-order chi connectivity index (χ1) is 15.6. The SMILES string of the molecule is COc1ccc(-c2cnc(Nc3cccc(COC(=O)N4CCN(C)CC4)c3)nc2)cc1. The molecule has 0 saturated carbocycles. The van der Waals surface area contributed by atoms with Gasteiger partial charge in [-0.2, -0.15) is 0 Å². The molecule has 0 spiro atoms. The summed E-state index contributed by atoms with van der Waals surface area (Å²) in [5.41, 5.74) is 3.66. The molecule has 0 bridgehead atoms. The fraction of sp³-hybridized carbons (Fsp3) is 0.292. The van der Waals surface area contributed by atoms with E-state index in [0.717, 1.165) is 41.2 Å². The van der Waals surface area contributed by atoms with Crippen molar-refractivity contribution in [3.05, 3.63) is 66.5 Å². The number of carbonyl (C=O) groups excluding carboxylic acids is 1. The summed E-state index contributed by atoms with van der Waals surface area (Å²) in [4.78, 5) is 25.1. The predicted octanol–water partition coefficient (Wildman–Crippen LogP) is 3.78. The third-order valence-corrected chi connectivity index (χ3v) is 5.38. The first kappa shape index (κ1) is 21.6. The van der Waals surface area contributed by atoms with Crippen molar-refractivity contribution in [2.75, 3.05) is 45.7 Å². The molecule has 1 aromatic heterocycles. The molecule has 2 aromatic carbocycles. The number of ether oxygens (including phenoxy) is 2. The largest absolute Gasteiger partial charge is 0.497 e. The van der Waals surface area contributed by atoms with Gasteiger partial charge in [-0.3, -0.25) is 0 Å². The molecule has 8 heteroatoms. The van der Waals surface area contributed by atoms with Crippen molar-refractivity contribution in [1.29, 1.82) is 0 Å². The molecule has 4 rings (SSSR count). The van der Waals surface area contributed by atoms with Crippen molar-refractivity contribution in [2.24, 2.45) is 0 Å². The predicted molar refractivity (Wildman–Crippen MR) is 123 cm³/mol. The molecule has 0 radical (unpaired) electrons. The van der Waals surface area contributed by atoms with Gasteiger partial charge in [-0.15, -0.1) is 0 Å². The van der Waals surface area contributed by atoms with Gasteiger partial charge in [-0.25, -0.2) is 14.8 Å². The molecule has 1 aliphatic rings. The van der Waals surface area contributed by atoms with E-state index in [9.17, 15) is 4.79 Å². The average molecular weight is 434 g/mol. The number of likely N-dealkylation sites (N-methyl/N-ethyl adjacent to an activating group) is 1. The number of aromatic nitrogens is 2. The Morgan fingerprint density at radius 3 is 2.41 bits per heavy atom. The van der Waals surface area contributed by atoms with E-state index in [-0.39, 0.29) is 12.7 Å². The molecule has 1 N–H and O–H groups in total. The minimum absolute atomic E-state index is 0.220. The highest BCUT2D eigenvalue weighted by Gasteiger charge is 2.20. The fourth-order valence-corrected chi connectivity index (χ4v) is 3.42. The van der Waals surface area contributed by atoms with Crippen molar-refractivity contribution < 1.29 is 14.3 Å². The van der Waals surface area contributed by atoms with Gasteiger partial charge in [0.1, 0.15) is 12.4 Å². The number of nitrogens with one attached hydrogen (secondary N) is 1. The maximum absolute atomic E-state index is 12.3. The van der Waals surface area contributed by atoms with E-state index in [1.54, 1.807) is 24.4 Å². The molecule has 166 valence electrons. The molecule has 1 aliphatic heterocycles. The van der Waals surface area contributed by atoms with Gasteiger partial charge in [-0.1, -0.05) is 24.3 Å². The number of carbonyl (C=O) groups is 1. The standard InChI is InChI=1S/C24H27N5O3/c1-28-10-12-29(13-11-28)24(30)32-17-18-4-3-5-21(14-18)27-23-25-15-20(16-26-23)19-6-8-22(31-2)9-7-19/h3-9,14-16H,10-13,17H2,1-2H3,(H,25,26,27). The number of hydrogen-bond acceptors (Lipinski definition) is 7. The lowest BCUT2D eigenvalue weighted by atomic mass is 10.1. The highest BCUT2D eigenvalue weighted by molar-refractivity contribution is 5.68. The molecule has 32 heavy (non-hydrogen) atoms. The summed E-state index contributed by atoms with van der Waals surface area (Å²) >= 11 is 0. The summed E-state index contributed by atoms with van der Waals surface area (Å²) in [5.74, 6) is 1.30. The summed E-state index contributed by atoms with van der Waals surface area (Å²) in [5, 5.41) is 3.20. The molecular formula is C24H27N5O3. The maximum atomic E-state index is 12.3. The van der Waals surface area contributed by atoms with Crippen LogP contribution in [0.2, 0.25) is 0 Å². The van der Waals surface area contributed by atoms with Gasteiger partial charge in [0.25, 0.3) is 0 Å². The van der Waals surface area contributed by atoms with Gasteiger partial charge in [0.2, 0.25) is 5.95 Å². The van der Waals surface area contributed by atoms with Crippen LogP contribution in [0, 0.1) is 0 Å². The molecule has 1 saturated heterocycles. The van der Waals surface area contributed by atoms with Crippen LogP contribution in [0.5, 0.6) is 5.75 Å². The second-order valence-electron chi connectivity index (χ2n) is 7.69. The van der Waals surface area contributed by atoms with Crippen LogP contribution in [0.3, 0.4) is 0 Å². The Morgan fingerprint density at radius 2 is 1.72 bits per heavy atom. The lowest BCUT2D eigenvalue weighted by molar-refractivity contribution is 0.0769. The highest BCUT2D eigenvalue weighted by Crippen LogP contribution is 2.22. The van der Waals surface area contributed by atoms with E-state index >= 15 is 0 Å². The first-order valence-corrected chi connectivity index (χ1v) is 10.5. The van der Waals surface area contributed by atoms with Crippen molar-refractivity contribution in [2.45, 2.75) is 6.61 Å². The lowest BCUT2D eigenvalue weighted by Gasteiger charge is -2.31. The number of piperazine rings is 1. The zero-order valence-electron chi connectivity index (χ0n) is 18.3. The number of nitrogens with zero attached hydrogens (tertiary/aromatic N) is 4. The summed E-state index contributed by atoms with van der Waals surface area (Å²) in [6, 6.07) is 15.4. The van der Waals surface area contributed by atoms with Gasteiger partial charge < -0.3 is 24.6 Å². The summed E-state index contributed by atoms with van der Waals surface area (Å²) in [6.45, 7) is 3.34. The number of rotatable bonds is 6. The monoisotopic (exact) mass is 433 g/mol. The number of hydrogen-bond donors (Lipinski definition) is 1. The van der Waals surface area contributed by atoms with Gasteiger partial charge in [0.05, 0.1) is 7.11 Å². The van der Waals surface area contributed by atoms with Crippen LogP contribution < -0.4 is 10.1 Å². The molecule has 0 atom stereocenters.